The predicted octanol–water partition coefficient (Wildman–Crippen LogP) is 4.64. The quantitative estimate of drug-likeness (QED) is 0.579. The maximum absolute atomic E-state index is 12.6. The Bertz CT molecular complexity index is 1090. The zero-order valence-electron chi connectivity index (χ0n) is 17.3. The van der Waals surface area contributed by atoms with Crippen molar-refractivity contribution in [1.29, 1.82) is 0 Å². The summed E-state index contributed by atoms with van der Waals surface area (Å²) >= 11 is 17.6. The van der Waals surface area contributed by atoms with Gasteiger partial charge in [0.05, 0.1) is 10.7 Å². The van der Waals surface area contributed by atoms with E-state index in [0.29, 0.717) is 27.0 Å². The summed E-state index contributed by atoms with van der Waals surface area (Å²) in [4.78, 5) is 26.3. The van der Waals surface area contributed by atoms with Gasteiger partial charge < -0.3 is 15.1 Å². The lowest BCUT2D eigenvalue weighted by molar-refractivity contribution is -0.185. The molecule has 0 unspecified atom stereocenters. The molecule has 1 aliphatic heterocycles. The number of anilines is 2. The van der Waals surface area contributed by atoms with Crippen LogP contribution in [0.2, 0.25) is 10.0 Å². The average Bonchev–Trinajstić information content (AvgIpc) is 2.74. The van der Waals surface area contributed by atoms with Crippen molar-refractivity contribution in [1.82, 2.24) is 10.2 Å². The monoisotopic (exact) mass is 518 g/mol. The first kappa shape index (κ1) is 25.1. The molecule has 0 aliphatic carbocycles. The molecule has 1 aliphatic rings. The summed E-state index contributed by atoms with van der Waals surface area (Å²) in [5.74, 6) is -2.26. The molecule has 3 rings (SSSR count). The van der Waals surface area contributed by atoms with Crippen LogP contribution in [0.4, 0.5) is 24.5 Å². The number of thiocarbonyl (C=S) groups is 1. The fraction of sp³-hybridized carbons (Fsp3) is 0.286. The van der Waals surface area contributed by atoms with Crippen LogP contribution in [-0.4, -0.2) is 54.2 Å². The van der Waals surface area contributed by atoms with E-state index >= 15 is 0 Å². The van der Waals surface area contributed by atoms with E-state index in [9.17, 15) is 22.8 Å². The Hall–Kier alpha value is -2.56. The number of alkyl halides is 3. The second-order valence-corrected chi connectivity index (χ2v) is 8.54. The van der Waals surface area contributed by atoms with Crippen molar-refractivity contribution in [3.8, 4) is 0 Å². The molecular weight excluding hydrogens is 500 g/mol. The minimum atomic E-state index is -4.88. The Morgan fingerprint density at radius 3 is 2.24 bits per heavy atom. The third-order valence-corrected chi connectivity index (χ3v) is 5.93. The summed E-state index contributed by atoms with van der Waals surface area (Å²) in [6, 6.07) is 9.86. The second kappa shape index (κ2) is 10.1. The van der Waals surface area contributed by atoms with Gasteiger partial charge in [0.2, 0.25) is 0 Å². The van der Waals surface area contributed by atoms with Gasteiger partial charge in [0.15, 0.2) is 5.11 Å². The van der Waals surface area contributed by atoms with Gasteiger partial charge in [-0.25, -0.2) is 0 Å². The number of halogens is 5. The van der Waals surface area contributed by atoms with Gasteiger partial charge in [-0.15, -0.1) is 0 Å². The lowest BCUT2D eigenvalue weighted by atomic mass is 10.1. The van der Waals surface area contributed by atoms with Gasteiger partial charge in [-0.05, 0) is 55.0 Å². The standard InChI is InChI=1S/C21H19Cl2F3N4O2S/c1-12-2-3-13(10-15(12)22)18(31)28-20(33)27-14-4-5-17(16(23)11-14)29-6-8-30(9-7-29)19(32)21(24,25)26/h2-5,10-11H,6-9H2,1H3,(H2,27,28,31,33). The first-order valence-electron chi connectivity index (χ1n) is 9.75. The first-order chi connectivity index (χ1) is 15.5. The van der Waals surface area contributed by atoms with Crippen LogP contribution < -0.4 is 15.5 Å². The van der Waals surface area contributed by atoms with Crippen molar-refractivity contribution in [3.05, 3.63) is 57.6 Å². The maximum Gasteiger partial charge on any atom is 0.471 e. The van der Waals surface area contributed by atoms with E-state index in [0.717, 1.165) is 10.5 Å². The van der Waals surface area contributed by atoms with Crippen LogP contribution in [0, 0.1) is 6.92 Å². The lowest BCUT2D eigenvalue weighted by Crippen LogP contribution is -2.52. The maximum atomic E-state index is 12.6. The summed E-state index contributed by atoms with van der Waals surface area (Å²) in [6.07, 6.45) is -4.88. The molecule has 1 fully saturated rings. The van der Waals surface area contributed by atoms with E-state index in [1.54, 1.807) is 41.3 Å². The zero-order valence-corrected chi connectivity index (χ0v) is 19.6. The number of carbonyl (C=O) groups excluding carboxylic acids is 2. The number of hydrogen-bond donors (Lipinski definition) is 2. The van der Waals surface area contributed by atoms with E-state index in [-0.39, 0.29) is 31.3 Å². The molecule has 33 heavy (non-hydrogen) atoms. The van der Waals surface area contributed by atoms with Gasteiger partial charge in [0, 0.05) is 42.5 Å². The Balaban J connectivity index is 1.58. The molecule has 12 heteroatoms. The normalized spacial score (nSPS) is 14.1. The zero-order chi connectivity index (χ0) is 24.3. The van der Waals surface area contributed by atoms with E-state index in [2.05, 4.69) is 10.6 Å². The molecule has 0 aromatic heterocycles. The van der Waals surface area contributed by atoms with E-state index < -0.39 is 18.0 Å². The number of hydrogen-bond acceptors (Lipinski definition) is 4. The van der Waals surface area contributed by atoms with E-state index in [1.807, 2.05) is 6.92 Å². The van der Waals surface area contributed by atoms with Crippen LogP contribution in [0.5, 0.6) is 0 Å². The number of amides is 2. The van der Waals surface area contributed by atoms with Crippen molar-refractivity contribution < 1.29 is 22.8 Å². The summed E-state index contributed by atoms with van der Waals surface area (Å²) < 4.78 is 37.8. The molecule has 6 nitrogen and oxygen atoms in total. The predicted molar refractivity (Wildman–Crippen MR) is 126 cm³/mol. The Labute approximate surface area is 203 Å². The van der Waals surface area contributed by atoms with Gasteiger partial charge >= 0.3 is 12.1 Å². The van der Waals surface area contributed by atoms with Crippen LogP contribution in [-0.2, 0) is 4.79 Å². The molecule has 2 aromatic carbocycles. The van der Waals surface area contributed by atoms with Crippen molar-refractivity contribution in [2.45, 2.75) is 13.1 Å². The third kappa shape index (κ3) is 6.27. The summed E-state index contributed by atoms with van der Waals surface area (Å²) in [6.45, 7) is 2.12. The molecule has 0 spiro atoms. The summed E-state index contributed by atoms with van der Waals surface area (Å²) in [5.41, 5.74) is 2.33. The molecule has 1 saturated heterocycles. The molecule has 176 valence electrons. The summed E-state index contributed by atoms with van der Waals surface area (Å²) in [7, 11) is 0. The smallest absolute Gasteiger partial charge is 0.367 e. The van der Waals surface area contributed by atoms with Crippen molar-refractivity contribution in [2.24, 2.45) is 0 Å². The Morgan fingerprint density at radius 1 is 1.00 bits per heavy atom. The number of carbonyl (C=O) groups is 2. The highest BCUT2D eigenvalue weighted by Gasteiger charge is 2.43. The number of nitrogens with one attached hydrogen (secondary N) is 2. The number of aryl methyl sites for hydroxylation is 1. The van der Waals surface area contributed by atoms with Crippen molar-refractivity contribution in [3.63, 3.8) is 0 Å². The van der Waals surface area contributed by atoms with Crippen LogP contribution in [0.3, 0.4) is 0 Å². The van der Waals surface area contributed by atoms with Crippen LogP contribution in [0.15, 0.2) is 36.4 Å². The Morgan fingerprint density at radius 2 is 1.67 bits per heavy atom. The molecule has 2 aromatic rings. The highest BCUT2D eigenvalue weighted by atomic mass is 35.5. The number of piperazine rings is 1. The van der Waals surface area contributed by atoms with Crippen LogP contribution in [0.1, 0.15) is 15.9 Å². The van der Waals surface area contributed by atoms with Gasteiger partial charge in [-0.1, -0.05) is 29.3 Å². The minimum Gasteiger partial charge on any atom is -0.367 e. The molecule has 0 bridgehead atoms. The first-order valence-corrected chi connectivity index (χ1v) is 10.9. The van der Waals surface area contributed by atoms with Gasteiger partial charge in [-0.2, -0.15) is 13.2 Å². The lowest BCUT2D eigenvalue weighted by Gasteiger charge is -2.36. The molecule has 0 saturated carbocycles. The van der Waals surface area contributed by atoms with E-state index in [4.69, 9.17) is 35.4 Å². The molecule has 2 N–H and O–H groups in total. The third-order valence-electron chi connectivity index (χ3n) is 5.02. The minimum absolute atomic E-state index is 0.0554. The molecular formula is C21H19Cl2F3N4O2S. The number of nitrogens with zero attached hydrogens (tertiary/aromatic N) is 2. The van der Waals surface area contributed by atoms with E-state index in [1.165, 1.54) is 0 Å². The SMILES string of the molecule is Cc1ccc(C(=O)NC(=S)Nc2ccc(N3CCN(C(=O)C(F)(F)F)CC3)c(Cl)c2)cc1Cl. The highest BCUT2D eigenvalue weighted by molar-refractivity contribution is 7.80. The molecule has 0 atom stereocenters. The fourth-order valence-corrected chi connectivity index (χ4v) is 3.93. The number of benzene rings is 2. The van der Waals surface area contributed by atoms with Gasteiger partial charge in [0.25, 0.3) is 5.91 Å². The second-order valence-electron chi connectivity index (χ2n) is 7.32. The van der Waals surface area contributed by atoms with Crippen molar-refractivity contribution >= 4 is 63.7 Å². The Kier molecular flexibility index (Phi) is 7.71. The largest absolute Gasteiger partial charge is 0.471 e. The highest BCUT2D eigenvalue weighted by Crippen LogP contribution is 2.30. The summed E-state index contributed by atoms with van der Waals surface area (Å²) in [5, 5.41) is 6.28. The van der Waals surface area contributed by atoms with Crippen LogP contribution >= 0.6 is 35.4 Å². The molecule has 1 heterocycles. The van der Waals surface area contributed by atoms with Crippen molar-refractivity contribution in [2.75, 3.05) is 36.4 Å². The fourth-order valence-electron chi connectivity index (χ4n) is 3.24. The number of rotatable bonds is 3. The topological polar surface area (TPSA) is 64.7 Å². The van der Waals surface area contributed by atoms with Gasteiger partial charge in [0.1, 0.15) is 0 Å². The van der Waals surface area contributed by atoms with Crippen LogP contribution in [0.25, 0.3) is 0 Å². The molecule has 0 radical (unpaired) electrons. The van der Waals surface area contributed by atoms with Gasteiger partial charge in [-0.3, -0.25) is 14.9 Å². The average molecular weight is 519 g/mol. The molecule has 2 amide bonds.